The molecule has 1 N–H and O–H groups in total. The minimum Gasteiger partial charge on any atom is -0.478 e. The predicted octanol–water partition coefficient (Wildman–Crippen LogP) is 4.51. The first-order valence-corrected chi connectivity index (χ1v) is 7.35. The molecular formula is C17H16ClNO2. The van der Waals surface area contributed by atoms with E-state index in [1.165, 1.54) is 5.56 Å². The number of rotatable bonds is 2. The standard InChI is InChI=1S/C17H16ClNO2/c1-11-6-7-12-4-2-3-5-15(12)19(11)16-10-13(18)8-9-14(16)17(20)21/h2-5,8-11H,6-7H2,1H3,(H,20,21). The van der Waals surface area contributed by atoms with Crippen molar-refractivity contribution in [2.24, 2.45) is 0 Å². The van der Waals surface area contributed by atoms with Crippen molar-refractivity contribution in [3.8, 4) is 0 Å². The van der Waals surface area contributed by atoms with Crippen LogP contribution in [0, 0.1) is 0 Å². The average Bonchev–Trinajstić information content (AvgIpc) is 2.46. The minimum atomic E-state index is -0.933. The van der Waals surface area contributed by atoms with Gasteiger partial charge >= 0.3 is 5.97 Å². The summed E-state index contributed by atoms with van der Waals surface area (Å²) in [6, 6.07) is 13.3. The van der Waals surface area contributed by atoms with Crippen molar-refractivity contribution >= 4 is 28.9 Å². The summed E-state index contributed by atoms with van der Waals surface area (Å²) in [4.78, 5) is 13.6. The fraction of sp³-hybridized carbons (Fsp3) is 0.235. The molecule has 0 radical (unpaired) electrons. The first-order valence-electron chi connectivity index (χ1n) is 6.98. The van der Waals surface area contributed by atoms with Crippen LogP contribution in [0.15, 0.2) is 42.5 Å². The first kappa shape index (κ1) is 14.0. The molecule has 0 fully saturated rings. The maximum absolute atomic E-state index is 11.5. The van der Waals surface area contributed by atoms with E-state index >= 15 is 0 Å². The fourth-order valence-electron chi connectivity index (χ4n) is 2.94. The Morgan fingerprint density at radius 2 is 2.00 bits per heavy atom. The van der Waals surface area contributed by atoms with Gasteiger partial charge in [-0.25, -0.2) is 4.79 Å². The van der Waals surface area contributed by atoms with Crippen molar-refractivity contribution in [1.29, 1.82) is 0 Å². The first-order chi connectivity index (χ1) is 10.1. The van der Waals surface area contributed by atoms with E-state index < -0.39 is 5.97 Å². The second-order valence-electron chi connectivity index (χ2n) is 5.35. The number of nitrogens with zero attached hydrogens (tertiary/aromatic N) is 1. The van der Waals surface area contributed by atoms with Gasteiger partial charge in [0.25, 0.3) is 0 Å². The van der Waals surface area contributed by atoms with Gasteiger partial charge in [0, 0.05) is 16.8 Å². The molecule has 0 saturated heterocycles. The molecule has 1 heterocycles. The molecule has 0 aliphatic carbocycles. The Morgan fingerprint density at radius 3 is 2.76 bits per heavy atom. The Bertz CT molecular complexity index is 699. The molecule has 0 saturated carbocycles. The van der Waals surface area contributed by atoms with Gasteiger partial charge in [0.2, 0.25) is 0 Å². The SMILES string of the molecule is CC1CCc2ccccc2N1c1cc(Cl)ccc1C(=O)O. The van der Waals surface area contributed by atoms with E-state index in [-0.39, 0.29) is 11.6 Å². The summed E-state index contributed by atoms with van der Waals surface area (Å²) in [7, 11) is 0. The van der Waals surface area contributed by atoms with E-state index in [0.29, 0.717) is 10.7 Å². The molecular weight excluding hydrogens is 286 g/mol. The number of benzene rings is 2. The molecule has 1 aliphatic rings. The van der Waals surface area contributed by atoms with Crippen molar-refractivity contribution in [3.05, 3.63) is 58.6 Å². The Kier molecular flexibility index (Phi) is 3.60. The van der Waals surface area contributed by atoms with Crippen LogP contribution in [-0.2, 0) is 6.42 Å². The van der Waals surface area contributed by atoms with Crippen LogP contribution in [0.25, 0.3) is 0 Å². The summed E-state index contributed by atoms with van der Waals surface area (Å²) >= 11 is 6.10. The summed E-state index contributed by atoms with van der Waals surface area (Å²) < 4.78 is 0. The zero-order chi connectivity index (χ0) is 15.0. The minimum absolute atomic E-state index is 0.233. The van der Waals surface area contributed by atoms with Crippen LogP contribution in [0.2, 0.25) is 5.02 Å². The normalized spacial score (nSPS) is 17.4. The van der Waals surface area contributed by atoms with E-state index in [2.05, 4.69) is 17.9 Å². The number of hydrogen-bond acceptors (Lipinski definition) is 2. The lowest BCUT2D eigenvalue weighted by Crippen LogP contribution is -2.34. The van der Waals surface area contributed by atoms with Gasteiger partial charge in [-0.1, -0.05) is 29.8 Å². The van der Waals surface area contributed by atoms with Crippen molar-refractivity contribution in [3.63, 3.8) is 0 Å². The summed E-state index contributed by atoms with van der Waals surface area (Å²) in [6.07, 6.45) is 2.00. The second-order valence-corrected chi connectivity index (χ2v) is 5.79. The van der Waals surface area contributed by atoms with Crippen LogP contribution in [0.3, 0.4) is 0 Å². The molecule has 0 spiro atoms. The maximum Gasteiger partial charge on any atom is 0.337 e. The van der Waals surface area contributed by atoms with Crippen molar-refractivity contribution in [2.75, 3.05) is 4.90 Å². The number of carboxylic acid groups (broad SMARTS) is 1. The lowest BCUT2D eigenvalue weighted by Gasteiger charge is -2.37. The van der Waals surface area contributed by atoms with E-state index in [1.54, 1.807) is 18.2 Å². The molecule has 4 heteroatoms. The van der Waals surface area contributed by atoms with Gasteiger partial charge in [0.15, 0.2) is 0 Å². The molecule has 1 atom stereocenters. The van der Waals surface area contributed by atoms with Gasteiger partial charge in [-0.2, -0.15) is 0 Å². The fourth-order valence-corrected chi connectivity index (χ4v) is 3.11. The lowest BCUT2D eigenvalue weighted by molar-refractivity contribution is 0.0697. The van der Waals surface area contributed by atoms with Crippen molar-refractivity contribution in [1.82, 2.24) is 0 Å². The molecule has 2 aromatic carbocycles. The van der Waals surface area contributed by atoms with Crippen molar-refractivity contribution in [2.45, 2.75) is 25.8 Å². The van der Waals surface area contributed by atoms with Crippen LogP contribution in [0.1, 0.15) is 29.3 Å². The number of hydrogen-bond donors (Lipinski definition) is 1. The van der Waals surface area contributed by atoms with Crippen LogP contribution in [-0.4, -0.2) is 17.1 Å². The highest BCUT2D eigenvalue weighted by atomic mass is 35.5. The maximum atomic E-state index is 11.5. The van der Waals surface area contributed by atoms with Gasteiger partial charge in [-0.05, 0) is 49.6 Å². The molecule has 2 aromatic rings. The molecule has 0 bridgehead atoms. The number of carbonyl (C=O) groups is 1. The summed E-state index contributed by atoms with van der Waals surface area (Å²) in [5.74, 6) is -0.933. The Labute approximate surface area is 128 Å². The monoisotopic (exact) mass is 301 g/mol. The summed E-state index contributed by atoms with van der Waals surface area (Å²) in [6.45, 7) is 2.11. The van der Waals surface area contributed by atoms with Gasteiger partial charge in [0.05, 0.1) is 11.3 Å². The Balaban J connectivity index is 2.20. The van der Waals surface area contributed by atoms with E-state index in [9.17, 15) is 9.90 Å². The van der Waals surface area contributed by atoms with Gasteiger partial charge < -0.3 is 10.0 Å². The van der Waals surface area contributed by atoms with E-state index in [1.807, 2.05) is 18.2 Å². The molecule has 3 rings (SSSR count). The molecule has 0 aromatic heterocycles. The molecule has 108 valence electrons. The second kappa shape index (κ2) is 5.41. The topological polar surface area (TPSA) is 40.5 Å². The van der Waals surface area contributed by atoms with E-state index in [4.69, 9.17) is 11.6 Å². The smallest absolute Gasteiger partial charge is 0.337 e. The highest BCUT2D eigenvalue weighted by Gasteiger charge is 2.27. The summed E-state index contributed by atoms with van der Waals surface area (Å²) in [5.41, 5.74) is 3.26. The number of carboxylic acids is 1. The largest absolute Gasteiger partial charge is 0.478 e. The number of halogens is 1. The number of anilines is 2. The van der Waals surface area contributed by atoms with Crippen LogP contribution >= 0.6 is 11.6 Å². The van der Waals surface area contributed by atoms with Crippen molar-refractivity contribution < 1.29 is 9.90 Å². The molecule has 21 heavy (non-hydrogen) atoms. The average molecular weight is 302 g/mol. The third-order valence-corrected chi connectivity index (χ3v) is 4.21. The number of aromatic carboxylic acids is 1. The van der Waals surface area contributed by atoms with Crippen LogP contribution < -0.4 is 4.90 Å². The lowest BCUT2D eigenvalue weighted by atomic mass is 9.95. The van der Waals surface area contributed by atoms with Crippen LogP contribution in [0.4, 0.5) is 11.4 Å². The van der Waals surface area contributed by atoms with Gasteiger partial charge in [-0.15, -0.1) is 0 Å². The molecule has 1 unspecified atom stereocenters. The number of aryl methyl sites for hydroxylation is 1. The van der Waals surface area contributed by atoms with Crippen LogP contribution in [0.5, 0.6) is 0 Å². The number of fused-ring (bicyclic) bond motifs is 1. The highest BCUT2D eigenvalue weighted by molar-refractivity contribution is 6.31. The van der Waals surface area contributed by atoms with E-state index in [0.717, 1.165) is 18.5 Å². The third-order valence-electron chi connectivity index (χ3n) is 3.97. The summed E-state index contributed by atoms with van der Waals surface area (Å²) in [5, 5.41) is 10.00. The number of para-hydroxylation sites is 1. The third kappa shape index (κ3) is 2.49. The molecule has 1 aliphatic heterocycles. The molecule has 3 nitrogen and oxygen atoms in total. The molecule has 0 amide bonds. The zero-order valence-corrected chi connectivity index (χ0v) is 12.5. The van der Waals surface area contributed by atoms with Gasteiger partial charge in [-0.3, -0.25) is 0 Å². The predicted molar refractivity (Wildman–Crippen MR) is 84.8 cm³/mol. The Hall–Kier alpha value is -2.00. The zero-order valence-electron chi connectivity index (χ0n) is 11.7. The Morgan fingerprint density at radius 1 is 1.24 bits per heavy atom. The quantitative estimate of drug-likeness (QED) is 0.887. The van der Waals surface area contributed by atoms with Gasteiger partial charge in [0.1, 0.15) is 0 Å². The highest BCUT2D eigenvalue weighted by Crippen LogP contribution is 2.39.